The molecule has 0 radical (unpaired) electrons. The van der Waals surface area contributed by atoms with Gasteiger partial charge in [0.15, 0.2) is 5.82 Å². The molecule has 6 nitrogen and oxygen atoms in total. The molecule has 0 aliphatic heterocycles. The second-order valence-electron chi connectivity index (χ2n) is 6.62. The van der Waals surface area contributed by atoms with Crippen molar-refractivity contribution in [3.05, 3.63) is 76.5 Å². The average molecular weight is 458 g/mol. The highest BCUT2D eigenvalue weighted by Gasteiger charge is 2.31. The summed E-state index contributed by atoms with van der Waals surface area (Å²) in [5, 5.41) is 8.89. The summed E-state index contributed by atoms with van der Waals surface area (Å²) < 4.78 is 46.3. The van der Waals surface area contributed by atoms with E-state index < -0.39 is 11.7 Å². The minimum Gasteiger partial charge on any atom is -0.463 e. The number of nitrogens with one attached hydrogen (secondary N) is 1. The van der Waals surface area contributed by atoms with E-state index in [0.29, 0.717) is 22.9 Å². The molecule has 4 rings (SSSR count). The topological polar surface area (TPSA) is 69.0 Å². The Balaban J connectivity index is 1.67. The van der Waals surface area contributed by atoms with Crippen LogP contribution in [0.1, 0.15) is 22.2 Å². The van der Waals surface area contributed by atoms with E-state index in [1.165, 1.54) is 28.2 Å². The molecule has 0 saturated carbocycles. The predicted molar refractivity (Wildman–Crippen MR) is 115 cm³/mol. The van der Waals surface area contributed by atoms with Gasteiger partial charge in [0.1, 0.15) is 0 Å². The van der Waals surface area contributed by atoms with Gasteiger partial charge in [0, 0.05) is 11.3 Å². The third kappa shape index (κ3) is 4.65. The van der Waals surface area contributed by atoms with Crippen molar-refractivity contribution in [2.45, 2.75) is 13.1 Å². The first-order valence-corrected chi connectivity index (χ1v) is 10.5. The molecule has 1 N–H and O–H groups in total. The van der Waals surface area contributed by atoms with Gasteiger partial charge >= 0.3 is 12.2 Å². The molecule has 0 bridgehead atoms. The summed E-state index contributed by atoms with van der Waals surface area (Å²) in [6.45, 7) is 2.06. The molecule has 2 heterocycles. The SMILES string of the molecule is CCOc1nc(-c2cccc(C(F)(F)F)c2)n(-c2ccc(NC(=O)c3cccs3)cc2)n1. The van der Waals surface area contributed by atoms with Gasteiger partial charge in [-0.05, 0) is 54.8 Å². The summed E-state index contributed by atoms with van der Waals surface area (Å²) in [4.78, 5) is 17.1. The fourth-order valence-electron chi connectivity index (χ4n) is 2.97. The van der Waals surface area contributed by atoms with Crippen molar-refractivity contribution in [1.82, 2.24) is 14.8 Å². The Labute approximate surface area is 185 Å². The molecule has 2 aromatic heterocycles. The van der Waals surface area contributed by atoms with Crippen LogP contribution in [0.4, 0.5) is 18.9 Å². The number of anilines is 1. The highest BCUT2D eigenvalue weighted by molar-refractivity contribution is 7.12. The normalized spacial score (nSPS) is 11.4. The minimum atomic E-state index is -4.48. The van der Waals surface area contributed by atoms with Crippen LogP contribution in [-0.4, -0.2) is 27.3 Å². The Bertz CT molecular complexity index is 1220. The Morgan fingerprint density at radius 2 is 1.91 bits per heavy atom. The third-order valence-electron chi connectivity index (χ3n) is 4.42. The number of thiophene rings is 1. The zero-order chi connectivity index (χ0) is 22.7. The lowest BCUT2D eigenvalue weighted by molar-refractivity contribution is -0.137. The second kappa shape index (κ2) is 8.83. The molecule has 0 fully saturated rings. The number of carbonyl (C=O) groups excluding carboxylic acids is 1. The molecule has 32 heavy (non-hydrogen) atoms. The predicted octanol–water partition coefficient (Wildman–Crippen LogP) is 5.67. The van der Waals surface area contributed by atoms with Crippen molar-refractivity contribution in [1.29, 1.82) is 0 Å². The van der Waals surface area contributed by atoms with Gasteiger partial charge in [-0.1, -0.05) is 18.2 Å². The molecule has 2 aromatic carbocycles. The van der Waals surface area contributed by atoms with Crippen LogP contribution in [0.25, 0.3) is 17.1 Å². The fourth-order valence-corrected chi connectivity index (χ4v) is 3.59. The Morgan fingerprint density at radius 3 is 2.56 bits per heavy atom. The number of ether oxygens (including phenoxy) is 1. The Kier molecular flexibility index (Phi) is 5.95. The molecule has 0 spiro atoms. The molecule has 0 aliphatic carbocycles. The van der Waals surface area contributed by atoms with Crippen molar-refractivity contribution in [2.75, 3.05) is 11.9 Å². The first kappa shape index (κ1) is 21.6. The summed E-state index contributed by atoms with van der Waals surface area (Å²) in [5.74, 6) is -0.0216. The average Bonchev–Trinajstić information content (AvgIpc) is 3.45. The van der Waals surface area contributed by atoms with E-state index in [-0.39, 0.29) is 23.3 Å². The molecule has 0 unspecified atom stereocenters. The highest BCUT2D eigenvalue weighted by atomic mass is 32.1. The lowest BCUT2D eigenvalue weighted by atomic mass is 10.1. The van der Waals surface area contributed by atoms with Gasteiger partial charge < -0.3 is 10.1 Å². The van der Waals surface area contributed by atoms with Crippen LogP contribution in [0.2, 0.25) is 0 Å². The molecule has 10 heteroatoms. The van der Waals surface area contributed by atoms with Crippen LogP contribution >= 0.6 is 11.3 Å². The van der Waals surface area contributed by atoms with Crippen molar-refractivity contribution in [3.8, 4) is 23.1 Å². The number of carbonyl (C=O) groups is 1. The van der Waals surface area contributed by atoms with Gasteiger partial charge in [0.2, 0.25) is 0 Å². The molecule has 0 saturated heterocycles. The van der Waals surface area contributed by atoms with Gasteiger partial charge in [-0.25, -0.2) is 4.68 Å². The first-order valence-electron chi connectivity index (χ1n) is 9.58. The van der Waals surface area contributed by atoms with Crippen LogP contribution in [0.3, 0.4) is 0 Å². The molecule has 0 aliphatic rings. The zero-order valence-electron chi connectivity index (χ0n) is 16.8. The number of aromatic nitrogens is 3. The highest BCUT2D eigenvalue weighted by Crippen LogP contribution is 2.33. The van der Waals surface area contributed by atoms with Crippen LogP contribution in [0.15, 0.2) is 66.0 Å². The fraction of sp³-hybridized carbons (Fsp3) is 0.136. The summed E-state index contributed by atoms with van der Waals surface area (Å²) in [7, 11) is 0. The van der Waals surface area contributed by atoms with Crippen molar-refractivity contribution < 1.29 is 22.7 Å². The lowest BCUT2D eigenvalue weighted by Gasteiger charge is -2.10. The molecular weight excluding hydrogens is 441 g/mol. The van der Waals surface area contributed by atoms with E-state index in [9.17, 15) is 18.0 Å². The summed E-state index contributed by atoms with van der Waals surface area (Å²) in [5.41, 5.74) is 0.574. The van der Waals surface area contributed by atoms with Crippen molar-refractivity contribution in [2.24, 2.45) is 0 Å². The maximum Gasteiger partial charge on any atom is 0.416 e. The van der Waals surface area contributed by atoms with Crippen molar-refractivity contribution >= 4 is 22.9 Å². The van der Waals surface area contributed by atoms with Crippen LogP contribution in [-0.2, 0) is 6.18 Å². The molecular formula is C22H17F3N4O2S. The van der Waals surface area contributed by atoms with Crippen molar-refractivity contribution in [3.63, 3.8) is 0 Å². The Hall–Kier alpha value is -3.66. The maximum atomic E-state index is 13.2. The van der Waals surface area contributed by atoms with E-state index in [4.69, 9.17) is 4.74 Å². The van der Waals surface area contributed by atoms with Crippen LogP contribution < -0.4 is 10.1 Å². The van der Waals surface area contributed by atoms with E-state index in [1.54, 1.807) is 43.3 Å². The number of nitrogens with zero attached hydrogens (tertiary/aromatic N) is 3. The zero-order valence-corrected chi connectivity index (χ0v) is 17.6. The summed E-state index contributed by atoms with van der Waals surface area (Å²) >= 11 is 1.33. The lowest BCUT2D eigenvalue weighted by Crippen LogP contribution is -2.10. The van der Waals surface area contributed by atoms with Gasteiger partial charge in [-0.3, -0.25) is 4.79 Å². The summed E-state index contributed by atoms with van der Waals surface area (Å²) in [6, 6.07) is 15.2. The van der Waals surface area contributed by atoms with Gasteiger partial charge in [0.25, 0.3) is 5.91 Å². The number of halogens is 3. The van der Waals surface area contributed by atoms with Crippen LogP contribution in [0, 0.1) is 0 Å². The van der Waals surface area contributed by atoms with Crippen LogP contribution in [0.5, 0.6) is 6.01 Å². The molecule has 164 valence electrons. The monoisotopic (exact) mass is 458 g/mol. The van der Waals surface area contributed by atoms with E-state index in [1.807, 2.05) is 5.38 Å². The summed E-state index contributed by atoms with van der Waals surface area (Å²) in [6.07, 6.45) is -4.48. The molecule has 0 atom stereocenters. The maximum absolute atomic E-state index is 13.2. The Morgan fingerprint density at radius 1 is 1.12 bits per heavy atom. The quantitative estimate of drug-likeness (QED) is 0.405. The molecule has 1 amide bonds. The van der Waals surface area contributed by atoms with E-state index in [0.717, 1.165) is 12.1 Å². The number of hydrogen-bond acceptors (Lipinski definition) is 5. The van der Waals surface area contributed by atoms with Gasteiger partial charge in [-0.2, -0.15) is 18.2 Å². The first-order chi connectivity index (χ1) is 15.3. The minimum absolute atomic E-state index is 0.0509. The second-order valence-corrected chi connectivity index (χ2v) is 7.57. The number of benzene rings is 2. The third-order valence-corrected chi connectivity index (χ3v) is 5.29. The largest absolute Gasteiger partial charge is 0.463 e. The smallest absolute Gasteiger partial charge is 0.416 e. The van der Waals surface area contributed by atoms with E-state index >= 15 is 0 Å². The van der Waals surface area contributed by atoms with E-state index in [2.05, 4.69) is 15.4 Å². The number of amides is 1. The number of rotatable bonds is 6. The van der Waals surface area contributed by atoms with Gasteiger partial charge in [-0.15, -0.1) is 16.4 Å². The standard InChI is InChI=1S/C22H17F3N4O2S/c1-2-31-21-27-19(14-5-3-6-15(13-14)22(23,24)25)29(28-21)17-10-8-16(9-11-17)26-20(30)18-7-4-12-32-18/h3-13H,2H2,1H3,(H,26,30). The molecule has 4 aromatic rings. The number of alkyl halides is 3. The number of hydrogen-bond donors (Lipinski definition) is 1. The van der Waals surface area contributed by atoms with Gasteiger partial charge in [0.05, 0.1) is 22.7 Å².